The molecule has 0 aliphatic rings. The molecule has 76 valence electrons. The Bertz CT molecular complexity index is 203. The van der Waals surface area contributed by atoms with Crippen LogP contribution >= 0.6 is 0 Å². The molecule has 0 amide bonds. The number of nitrogens with two attached hydrogens (primary N) is 1. The maximum absolute atomic E-state index is 11.1. The van der Waals surface area contributed by atoms with Crippen molar-refractivity contribution in [3.63, 3.8) is 0 Å². The number of hydrogen-bond donors (Lipinski definition) is 1. The van der Waals surface area contributed by atoms with Crippen LogP contribution < -0.4 is 5.73 Å². The Balaban J connectivity index is 4.06. The average molecular weight is 187 g/mol. The van der Waals surface area contributed by atoms with E-state index in [1.54, 1.807) is 27.7 Å². The predicted molar refractivity (Wildman–Crippen MR) is 49.1 cm³/mol. The fourth-order valence-electron chi connectivity index (χ4n) is 0.711. The van der Waals surface area contributed by atoms with E-state index in [1.165, 1.54) is 0 Å². The molecule has 0 fully saturated rings. The Morgan fingerprint density at radius 2 is 1.85 bits per heavy atom. The lowest BCUT2D eigenvalue weighted by atomic mass is 10.1. The molecule has 0 saturated heterocycles. The summed E-state index contributed by atoms with van der Waals surface area (Å²) in [6.07, 6.45) is 0.0366. The summed E-state index contributed by atoms with van der Waals surface area (Å²) in [6.45, 7) is 6.81. The van der Waals surface area contributed by atoms with Gasteiger partial charge in [0.15, 0.2) is 0 Å². The minimum absolute atomic E-state index is 0.0366. The van der Waals surface area contributed by atoms with Crippen molar-refractivity contribution in [2.75, 3.05) is 0 Å². The maximum Gasteiger partial charge on any atom is 0.375 e. The number of rotatable bonds is 3. The van der Waals surface area contributed by atoms with Crippen molar-refractivity contribution in [1.29, 1.82) is 0 Å². The molecule has 0 bridgehead atoms. The van der Waals surface area contributed by atoms with Crippen molar-refractivity contribution in [2.45, 2.75) is 45.8 Å². The fourth-order valence-corrected chi connectivity index (χ4v) is 0.711. The van der Waals surface area contributed by atoms with Crippen LogP contribution in [-0.2, 0) is 14.3 Å². The highest BCUT2D eigenvalue weighted by Gasteiger charge is 2.22. The second-order valence-corrected chi connectivity index (χ2v) is 4.11. The topological polar surface area (TPSA) is 69.4 Å². The molecular formula is C9H17NO3. The zero-order valence-corrected chi connectivity index (χ0v) is 8.59. The quantitative estimate of drug-likeness (QED) is 0.520. The first-order chi connectivity index (χ1) is 5.72. The smallest absolute Gasteiger partial charge is 0.375 e. The number of hydrogen-bond acceptors (Lipinski definition) is 4. The van der Waals surface area contributed by atoms with Crippen molar-refractivity contribution in [2.24, 2.45) is 5.73 Å². The van der Waals surface area contributed by atoms with Gasteiger partial charge in [-0.25, -0.2) is 4.79 Å². The number of Topliss-reactive ketones (excluding diaryl/α,β-unsaturated/α-hetero) is 1. The maximum atomic E-state index is 11.1. The summed E-state index contributed by atoms with van der Waals surface area (Å²) in [5.41, 5.74) is 4.75. The van der Waals surface area contributed by atoms with Crippen LogP contribution in [-0.4, -0.2) is 23.4 Å². The van der Waals surface area contributed by atoms with Gasteiger partial charge in [-0.3, -0.25) is 4.79 Å². The molecule has 0 radical (unpaired) electrons. The van der Waals surface area contributed by atoms with E-state index in [9.17, 15) is 9.59 Å². The molecule has 1 atom stereocenters. The van der Waals surface area contributed by atoms with Crippen molar-refractivity contribution in [3.05, 3.63) is 0 Å². The van der Waals surface area contributed by atoms with E-state index in [0.29, 0.717) is 0 Å². The monoisotopic (exact) mass is 187 g/mol. The fraction of sp³-hybridized carbons (Fsp3) is 0.778. The normalized spacial score (nSPS) is 13.6. The summed E-state index contributed by atoms with van der Waals surface area (Å²) < 4.78 is 4.86. The molecule has 0 unspecified atom stereocenters. The van der Waals surface area contributed by atoms with Crippen molar-refractivity contribution in [3.8, 4) is 0 Å². The lowest BCUT2D eigenvalue weighted by Gasteiger charge is -2.18. The third-order valence-electron chi connectivity index (χ3n) is 1.13. The van der Waals surface area contributed by atoms with Gasteiger partial charge in [0, 0.05) is 12.5 Å². The van der Waals surface area contributed by atoms with Crippen LogP contribution in [0.1, 0.15) is 34.1 Å². The molecule has 0 aromatic rings. The molecule has 0 aromatic carbocycles. The van der Waals surface area contributed by atoms with Crippen LogP contribution in [0.25, 0.3) is 0 Å². The van der Waals surface area contributed by atoms with Crippen LogP contribution in [0.15, 0.2) is 0 Å². The molecule has 4 heteroatoms. The zero-order valence-electron chi connectivity index (χ0n) is 8.59. The largest absolute Gasteiger partial charge is 0.454 e. The van der Waals surface area contributed by atoms with Crippen molar-refractivity contribution >= 4 is 11.8 Å². The van der Waals surface area contributed by atoms with Gasteiger partial charge in [0.05, 0.1) is 0 Å². The van der Waals surface area contributed by atoms with Crippen molar-refractivity contribution in [1.82, 2.24) is 0 Å². The molecule has 0 spiro atoms. The molecule has 0 rings (SSSR count). The molecule has 13 heavy (non-hydrogen) atoms. The highest BCUT2D eigenvalue weighted by molar-refractivity contribution is 6.33. The molecule has 0 aromatic heterocycles. The Hall–Kier alpha value is -0.900. The van der Waals surface area contributed by atoms with Gasteiger partial charge in [-0.2, -0.15) is 0 Å². The van der Waals surface area contributed by atoms with Crippen molar-refractivity contribution < 1.29 is 14.3 Å². The molecule has 0 aliphatic heterocycles. The van der Waals surface area contributed by atoms with Gasteiger partial charge in [-0.15, -0.1) is 0 Å². The summed E-state index contributed by atoms with van der Waals surface area (Å²) in [7, 11) is 0. The number of ether oxygens (including phenoxy) is 1. The molecule has 0 heterocycles. The van der Waals surface area contributed by atoms with Gasteiger partial charge < -0.3 is 10.5 Å². The number of esters is 1. The number of ketones is 1. The molecule has 0 aliphatic carbocycles. The van der Waals surface area contributed by atoms with E-state index >= 15 is 0 Å². The van der Waals surface area contributed by atoms with Crippen LogP contribution in [0.3, 0.4) is 0 Å². The second-order valence-electron chi connectivity index (χ2n) is 4.11. The van der Waals surface area contributed by atoms with E-state index < -0.39 is 17.4 Å². The summed E-state index contributed by atoms with van der Waals surface area (Å²) in [6, 6.07) is -0.306. The van der Waals surface area contributed by atoms with E-state index in [1.807, 2.05) is 0 Å². The van der Waals surface area contributed by atoms with Crippen LogP contribution in [0, 0.1) is 0 Å². The highest BCUT2D eigenvalue weighted by Crippen LogP contribution is 2.07. The lowest BCUT2D eigenvalue weighted by molar-refractivity contribution is -0.162. The Labute approximate surface area is 78.4 Å². The Kier molecular flexibility index (Phi) is 4.07. The summed E-state index contributed by atoms with van der Waals surface area (Å²) in [4.78, 5) is 22.1. The van der Waals surface area contributed by atoms with Crippen LogP contribution in [0.4, 0.5) is 0 Å². The van der Waals surface area contributed by atoms with Gasteiger partial charge in [0.1, 0.15) is 5.60 Å². The van der Waals surface area contributed by atoms with Crippen LogP contribution in [0.2, 0.25) is 0 Å². The first kappa shape index (κ1) is 12.1. The second kappa shape index (κ2) is 4.37. The number of carbonyl (C=O) groups excluding carboxylic acids is 2. The lowest BCUT2D eigenvalue weighted by Crippen LogP contribution is -2.32. The Morgan fingerprint density at radius 3 is 2.15 bits per heavy atom. The minimum atomic E-state index is -0.801. The average Bonchev–Trinajstić information content (AvgIpc) is 1.81. The zero-order chi connectivity index (χ0) is 10.6. The molecule has 2 N–H and O–H groups in total. The van der Waals surface area contributed by atoms with Gasteiger partial charge in [-0.1, -0.05) is 0 Å². The van der Waals surface area contributed by atoms with Gasteiger partial charge in [0.2, 0.25) is 5.78 Å². The standard InChI is InChI=1S/C9H17NO3/c1-6(10)5-7(11)8(12)13-9(2,3)4/h6H,5,10H2,1-4H3/t6-/m1/s1. The van der Waals surface area contributed by atoms with E-state index in [4.69, 9.17) is 10.5 Å². The molecular weight excluding hydrogens is 170 g/mol. The summed E-state index contributed by atoms with van der Waals surface area (Å²) in [5.74, 6) is -1.37. The third kappa shape index (κ3) is 6.28. The van der Waals surface area contributed by atoms with E-state index in [-0.39, 0.29) is 12.5 Å². The first-order valence-corrected chi connectivity index (χ1v) is 4.24. The van der Waals surface area contributed by atoms with Gasteiger partial charge in [-0.05, 0) is 27.7 Å². The predicted octanol–water partition coefficient (Wildman–Crippen LogP) is 0.634. The van der Waals surface area contributed by atoms with Gasteiger partial charge in [0.25, 0.3) is 0 Å². The summed E-state index contributed by atoms with van der Waals surface area (Å²) in [5, 5.41) is 0. The Morgan fingerprint density at radius 1 is 1.38 bits per heavy atom. The third-order valence-corrected chi connectivity index (χ3v) is 1.13. The minimum Gasteiger partial charge on any atom is -0.454 e. The SMILES string of the molecule is C[C@@H](N)CC(=O)C(=O)OC(C)(C)C. The van der Waals surface area contributed by atoms with E-state index in [2.05, 4.69) is 0 Å². The number of carbonyl (C=O) groups is 2. The van der Waals surface area contributed by atoms with Crippen LogP contribution in [0.5, 0.6) is 0 Å². The first-order valence-electron chi connectivity index (χ1n) is 4.24. The molecule has 0 saturated carbocycles. The van der Waals surface area contributed by atoms with E-state index in [0.717, 1.165) is 0 Å². The van der Waals surface area contributed by atoms with Gasteiger partial charge >= 0.3 is 5.97 Å². The highest BCUT2D eigenvalue weighted by atomic mass is 16.6. The molecule has 4 nitrogen and oxygen atoms in total. The summed E-state index contributed by atoms with van der Waals surface area (Å²) >= 11 is 0.